The number of anilines is 1. The van der Waals surface area contributed by atoms with Crippen molar-refractivity contribution in [2.24, 2.45) is 0 Å². The number of furan rings is 1. The van der Waals surface area contributed by atoms with Crippen LogP contribution in [-0.4, -0.2) is 19.7 Å². The van der Waals surface area contributed by atoms with Gasteiger partial charge in [-0.25, -0.2) is 14.4 Å². The first-order valence-corrected chi connectivity index (χ1v) is 7.47. The highest BCUT2D eigenvalue weighted by molar-refractivity contribution is 6.31. The van der Waals surface area contributed by atoms with Crippen molar-refractivity contribution in [2.45, 2.75) is 6.54 Å². The third-order valence-electron chi connectivity index (χ3n) is 3.58. The SMILES string of the molecule is Nc1nc(-c2ccco2)nc2nn(Cc3c(F)cccc3Cl)cc12. The van der Waals surface area contributed by atoms with Crippen molar-refractivity contribution in [3.63, 3.8) is 0 Å². The number of hydrogen-bond acceptors (Lipinski definition) is 5. The molecule has 6 nitrogen and oxygen atoms in total. The smallest absolute Gasteiger partial charge is 0.199 e. The highest BCUT2D eigenvalue weighted by atomic mass is 35.5. The van der Waals surface area contributed by atoms with Gasteiger partial charge in [0, 0.05) is 16.8 Å². The third-order valence-corrected chi connectivity index (χ3v) is 3.93. The van der Waals surface area contributed by atoms with E-state index in [0.29, 0.717) is 33.2 Å². The number of nitrogen functional groups attached to an aromatic ring is 1. The van der Waals surface area contributed by atoms with Crippen LogP contribution in [-0.2, 0) is 6.54 Å². The average Bonchev–Trinajstić information content (AvgIpc) is 3.20. The molecule has 0 aliphatic heterocycles. The molecule has 120 valence electrons. The number of halogens is 2. The molecule has 0 aliphatic carbocycles. The first-order valence-electron chi connectivity index (χ1n) is 7.09. The van der Waals surface area contributed by atoms with Gasteiger partial charge in [0.05, 0.1) is 18.2 Å². The zero-order valence-corrected chi connectivity index (χ0v) is 13.0. The van der Waals surface area contributed by atoms with Gasteiger partial charge in [0.1, 0.15) is 11.6 Å². The summed E-state index contributed by atoms with van der Waals surface area (Å²) in [6, 6.07) is 8.01. The van der Waals surface area contributed by atoms with Gasteiger partial charge in [0.2, 0.25) is 0 Å². The summed E-state index contributed by atoms with van der Waals surface area (Å²) in [4.78, 5) is 8.56. The van der Waals surface area contributed by atoms with Crippen LogP contribution in [0.2, 0.25) is 5.02 Å². The van der Waals surface area contributed by atoms with Crippen LogP contribution < -0.4 is 5.73 Å². The maximum absolute atomic E-state index is 13.9. The van der Waals surface area contributed by atoms with Gasteiger partial charge in [-0.05, 0) is 24.3 Å². The number of fused-ring (bicyclic) bond motifs is 1. The predicted octanol–water partition coefficient (Wildman–Crippen LogP) is 3.51. The molecule has 0 amide bonds. The molecule has 1 aromatic carbocycles. The van der Waals surface area contributed by atoms with E-state index in [1.54, 1.807) is 30.5 Å². The van der Waals surface area contributed by atoms with E-state index in [9.17, 15) is 4.39 Å². The molecule has 0 radical (unpaired) electrons. The Balaban J connectivity index is 1.77. The zero-order chi connectivity index (χ0) is 16.7. The molecular formula is C16H11ClFN5O. The van der Waals surface area contributed by atoms with E-state index in [1.165, 1.54) is 17.0 Å². The maximum Gasteiger partial charge on any atom is 0.199 e. The minimum Gasteiger partial charge on any atom is -0.461 e. The van der Waals surface area contributed by atoms with Crippen LogP contribution in [0.25, 0.3) is 22.6 Å². The molecule has 24 heavy (non-hydrogen) atoms. The predicted molar refractivity (Wildman–Crippen MR) is 87.9 cm³/mol. The Labute approximate surface area is 140 Å². The van der Waals surface area contributed by atoms with Crippen molar-refractivity contribution in [3.05, 3.63) is 59.2 Å². The Kier molecular flexibility index (Phi) is 3.42. The lowest BCUT2D eigenvalue weighted by Gasteiger charge is -2.05. The standard InChI is InChI=1S/C16H11ClFN5O/c17-11-3-1-4-12(18)9(11)7-23-8-10-14(19)20-16(21-15(10)22-23)13-5-2-6-24-13/h1-6,8H,7H2,(H2,19,20,21,22). The fourth-order valence-corrected chi connectivity index (χ4v) is 2.64. The molecule has 0 saturated carbocycles. The lowest BCUT2D eigenvalue weighted by molar-refractivity contribution is 0.577. The van der Waals surface area contributed by atoms with Gasteiger partial charge >= 0.3 is 0 Å². The molecule has 4 rings (SSSR count). The Bertz CT molecular complexity index is 1010. The van der Waals surface area contributed by atoms with Crippen LogP contribution >= 0.6 is 11.6 Å². The Morgan fingerprint density at radius 2 is 2.08 bits per heavy atom. The van der Waals surface area contributed by atoms with Crippen molar-refractivity contribution < 1.29 is 8.81 Å². The van der Waals surface area contributed by atoms with Gasteiger partial charge in [-0.2, -0.15) is 5.10 Å². The topological polar surface area (TPSA) is 82.8 Å². The molecular weight excluding hydrogens is 333 g/mol. The van der Waals surface area contributed by atoms with E-state index in [1.807, 2.05) is 0 Å². The fourth-order valence-electron chi connectivity index (χ4n) is 2.42. The number of benzene rings is 1. The Morgan fingerprint density at radius 3 is 2.83 bits per heavy atom. The van der Waals surface area contributed by atoms with Crippen LogP contribution in [0.4, 0.5) is 10.2 Å². The molecule has 2 N–H and O–H groups in total. The largest absolute Gasteiger partial charge is 0.461 e. The van der Waals surface area contributed by atoms with E-state index in [4.69, 9.17) is 21.8 Å². The van der Waals surface area contributed by atoms with Crippen LogP contribution in [0.5, 0.6) is 0 Å². The van der Waals surface area contributed by atoms with Crippen molar-refractivity contribution in [1.82, 2.24) is 19.7 Å². The van der Waals surface area contributed by atoms with E-state index >= 15 is 0 Å². The van der Waals surface area contributed by atoms with Crippen LogP contribution in [0.1, 0.15) is 5.56 Å². The first-order chi connectivity index (χ1) is 11.6. The van der Waals surface area contributed by atoms with Crippen molar-refractivity contribution in [1.29, 1.82) is 0 Å². The minimum absolute atomic E-state index is 0.164. The minimum atomic E-state index is -0.391. The van der Waals surface area contributed by atoms with E-state index in [-0.39, 0.29) is 12.4 Å². The molecule has 0 bridgehead atoms. The zero-order valence-electron chi connectivity index (χ0n) is 12.3. The Hall–Kier alpha value is -2.93. The number of nitrogens with zero attached hydrogens (tertiary/aromatic N) is 4. The maximum atomic E-state index is 13.9. The number of rotatable bonds is 3. The summed E-state index contributed by atoms with van der Waals surface area (Å²) >= 11 is 6.06. The van der Waals surface area contributed by atoms with Gasteiger partial charge in [-0.15, -0.1) is 0 Å². The third kappa shape index (κ3) is 2.48. The molecule has 0 fully saturated rings. The molecule has 0 unspecified atom stereocenters. The van der Waals surface area contributed by atoms with Crippen molar-refractivity contribution in [2.75, 3.05) is 5.73 Å². The van der Waals surface area contributed by atoms with Gasteiger partial charge in [0.15, 0.2) is 17.2 Å². The lowest BCUT2D eigenvalue weighted by atomic mass is 10.2. The van der Waals surface area contributed by atoms with E-state index in [2.05, 4.69) is 15.1 Å². The quantitative estimate of drug-likeness (QED) is 0.615. The Morgan fingerprint density at radius 1 is 1.21 bits per heavy atom. The monoisotopic (exact) mass is 343 g/mol. The number of nitrogens with two attached hydrogens (primary N) is 1. The fraction of sp³-hybridized carbons (Fsp3) is 0.0625. The van der Waals surface area contributed by atoms with Crippen LogP contribution in [0.3, 0.4) is 0 Å². The molecule has 3 heterocycles. The van der Waals surface area contributed by atoms with Gasteiger partial charge in [-0.3, -0.25) is 4.68 Å². The van der Waals surface area contributed by atoms with Gasteiger partial charge < -0.3 is 10.2 Å². The molecule has 0 spiro atoms. The van der Waals surface area contributed by atoms with Crippen molar-refractivity contribution >= 4 is 28.5 Å². The summed E-state index contributed by atoms with van der Waals surface area (Å²) in [6.45, 7) is 0.164. The second-order valence-electron chi connectivity index (χ2n) is 5.17. The second-order valence-corrected chi connectivity index (χ2v) is 5.58. The highest BCUT2D eigenvalue weighted by Gasteiger charge is 2.14. The second kappa shape index (κ2) is 5.61. The molecule has 0 aliphatic rings. The first kappa shape index (κ1) is 14.6. The normalized spacial score (nSPS) is 11.2. The van der Waals surface area contributed by atoms with Crippen LogP contribution in [0, 0.1) is 5.82 Å². The van der Waals surface area contributed by atoms with E-state index < -0.39 is 5.82 Å². The van der Waals surface area contributed by atoms with E-state index in [0.717, 1.165) is 0 Å². The summed E-state index contributed by atoms with van der Waals surface area (Å²) in [6.07, 6.45) is 3.19. The van der Waals surface area contributed by atoms with Gasteiger partial charge in [0.25, 0.3) is 0 Å². The molecule has 0 atom stereocenters. The van der Waals surface area contributed by atoms with Gasteiger partial charge in [-0.1, -0.05) is 17.7 Å². The van der Waals surface area contributed by atoms with Crippen LogP contribution in [0.15, 0.2) is 47.2 Å². The summed E-state index contributed by atoms with van der Waals surface area (Å²) in [5.41, 5.74) is 6.74. The summed E-state index contributed by atoms with van der Waals surface area (Å²) in [5.74, 6) is 0.726. The highest BCUT2D eigenvalue weighted by Crippen LogP contribution is 2.24. The molecule has 0 saturated heterocycles. The number of aromatic nitrogens is 4. The molecule has 4 aromatic rings. The average molecular weight is 344 g/mol. The summed E-state index contributed by atoms with van der Waals surface area (Å²) in [5, 5.41) is 5.26. The molecule has 3 aromatic heterocycles. The van der Waals surface area contributed by atoms with Crippen molar-refractivity contribution in [3.8, 4) is 11.6 Å². The summed E-state index contributed by atoms with van der Waals surface area (Å²) in [7, 11) is 0. The lowest BCUT2D eigenvalue weighted by Crippen LogP contribution is -2.03. The number of hydrogen-bond donors (Lipinski definition) is 1. The summed E-state index contributed by atoms with van der Waals surface area (Å²) < 4.78 is 20.7. The molecule has 8 heteroatoms.